The number of thioether (sulfide) groups is 1. The van der Waals surface area contributed by atoms with Crippen LogP contribution in [-0.4, -0.2) is 37.2 Å². The van der Waals surface area contributed by atoms with Crippen LogP contribution < -0.4 is 5.32 Å². The van der Waals surface area contributed by atoms with Gasteiger partial charge in [0.25, 0.3) is 0 Å². The predicted octanol–water partition coefficient (Wildman–Crippen LogP) is 1.67. The number of nitrogens with one attached hydrogen (secondary N) is 1. The van der Waals surface area contributed by atoms with Crippen LogP contribution in [0.5, 0.6) is 0 Å². The molecular formula is C12H21NO2S. The molecule has 0 rings (SSSR count). The van der Waals surface area contributed by atoms with Gasteiger partial charge in [0.15, 0.2) is 0 Å². The summed E-state index contributed by atoms with van der Waals surface area (Å²) in [4.78, 5) is 11.4. The maximum absolute atomic E-state index is 11.4. The van der Waals surface area contributed by atoms with Gasteiger partial charge in [-0.15, -0.1) is 18.2 Å². The summed E-state index contributed by atoms with van der Waals surface area (Å²) in [5.41, 5.74) is 0. The Bertz CT molecular complexity index is 226. The lowest BCUT2D eigenvalue weighted by Crippen LogP contribution is -2.38. The molecule has 1 unspecified atom stereocenters. The average molecular weight is 243 g/mol. The van der Waals surface area contributed by atoms with Gasteiger partial charge in [-0.3, -0.25) is 4.79 Å². The second-order valence-corrected chi connectivity index (χ2v) is 4.53. The first kappa shape index (κ1) is 15.3. The first-order valence-corrected chi connectivity index (χ1v) is 6.74. The van der Waals surface area contributed by atoms with Crippen molar-refractivity contribution in [1.29, 1.82) is 0 Å². The summed E-state index contributed by atoms with van der Waals surface area (Å²) in [7, 11) is 1.43. The van der Waals surface area contributed by atoms with Crippen molar-refractivity contribution in [1.82, 2.24) is 5.32 Å². The maximum Gasteiger partial charge on any atom is 0.322 e. The molecule has 0 aromatic rings. The quantitative estimate of drug-likeness (QED) is 0.380. The molecule has 0 saturated carbocycles. The Morgan fingerprint density at radius 3 is 2.94 bits per heavy atom. The fourth-order valence-corrected chi connectivity index (χ4v) is 1.81. The summed E-state index contributed by atoms with van der Waals surface area (Å²) in [5, 5.41) is 3.20. The van der Waals surface area contributed by atoms with Crippen LogP contribution in [0.4, 0.5) is 0 Å². The number of ether oxygens (including phenoxy) is 1. The molecular weight excluding hydrogens is 222 g/mol. The Morgan fingerprint density at radius 2 is 2.38 bits per heavy atom. The van der Waals surface area contributed by atoms with E-state index >= 15 is 0 Å². The Balaban J connectivity index is 3.74. The highest BCUT2D eigenvalue weighted by Gasteiger charge is 2.16. The van der Waals surface area contributed by atoms with Crippen molar-refractivity contribution < 1.29 is 9.53 Å². The topological polar surface area (TPSA) is 38.3 Å². The third-order valence-corrected chi connectivity index (χ3v) is 3.02. The van der Waals surface area contributed by atoms with Crippen molar-refractivity contribution in [2.24, 2.45) is 0 Å². The van der Waals surface area contributed by atoms with Crippen molar-refractivity contribution >= 4 is 17.7 Å². The molecule has 0 spiro atoms. The molecule has 0 saturated heterocycles. The third kappa shape index (κ3) is 7.61. The number of carbonyl (C=O) groups excluding carboxylic acids is 1. The zero-order valence-electron chi connectivity index (χ0n) is 10.1. The van der Waals surface area contributed by atoms with Crippen LogP contribution in [0.3, 0.4) is 0 Å². The summed E-state index contributed by atoms with van der Waals surface area (Å²) in [6.45, 7) is 2.90. The van der Waals surface area contributed by atoms with Crippen LogP contribution in [0.25, 0.3) is 0 Å². The molecule has 4 heteroatoms. The average Bonchev–Trinajstić information content (AvgIpc) is 2.31. The molecule has 1 N–H and O–H groups in total. The van der Waals surface area contributed by atoms with Gasteiger partial charge in [-0.2, -0.15) is 0 Å². The number of unbranched alkanes of at least 4 members (excludes halogenated alkanes) is 1. The van der Waals surface area contributed by atoms with E-state index in [-0.39, 0.29) is 12.0 Å². The molecule has 0 heterocycles. The fraction of sp³-hybridized carbons (Fsp3) is 0.750. The lowest BCUT2D eigenvalue weighted by atomic mass is 10.1. The SMILES string of the molecule is C#CCSCCNC(CCCC)C(=O)OC. The molecule has 0 bridgehead atoms. The standard InChI is InChI=1S/C12H21NO2S/c1-4-6-7-11(12(14)15-3)13-8-10-16-9-5-2/h2,11,13H,4,6-10H2,1,3H3. The largest absolute Gasteiger partial charge is 0.468 e. The van der Waals surface area contributed by atoms with Gasteiger partial charge in [0.1, 0.15) is 6.04 Å². The molecule has 92 valence electrons. The Labute approximate surface area is 103 Å². The van der Waals surface area contributed by atoms with Gasteiger partial charge < -0.3 is 10.1 Å². The van der Waals surface area contributed by atoms with Crippen LogP contribution in [0.2, 0.25) is 0 Å². The fourth-order valence-electron chi connectivity index (χ4n) is 1.29. The van der Waals surface area contributed by atoms with E-state index in [2.05, 4.69) is 18.2 Å². The minimum atomic E-state index is -0.171. The van der Waals surface area contributed by atoms with Gasteiger partial charge in [-0.1, -0.05) is 25.7 Å². The van der Waals surface area contributed by atoms with E-state index in [0.717, 1.165) is 37.3 Å². The normalized spacial score (nSPS) is 11.8. The highest BCUT2D eigenvalue weighted by atomic mass is 32.2. The van der Waals surface area contributed by atoms with Gasteiger partial charge in [-0.25, -0.2) is 0 Å². The van der Waals surface area contributed by atoms with Gasteiger partial charge in [0.2, 0.25) is 0 Å². The number of carbonyl (C=O) groups is 1. The van der Waals surface area contributed by atoms with Crippen molar-refractivity contribution in [3.8, 4) is 12.3 Å². The minimum absolute atomic E-state index is 0.170. The van der Waals surface area contributed by atoms with E-state index in [1.165, 1.54) is 7.11 Å². The molecule has 3 nitrogen and oxygen atoms in total. The molecule has 1 atom stereocenters. The van der Waals surface area contributed by atoms with Crippen molar-refractivity contribution in [2.45, 2.75) is 32.2 Å². The number of rotatable bonds is 9. The summed E-state index contributed by atoms with van der Waals surface area (Å²) in [5.74, 6) is 4.04. The van der Waals surface area contributed by atoms with Crippen LogP contribution in [0, 0.1) is 12.3 Å². The van der Waals surface area contributed by atoms with Gasteiger partial charge in [0, 0.05) is 12.3 Å². The molecule has 0 aliphatic carbocycles. The second kappa shape index (κ2) is 10.8. The first-order chi connectivity index (χ1) is 7.76. The summed E-state index contributed by atoms with van der Waals surface area (Å²) < 4.78 is 4.75. The maximum atomic E-state index is 11.4. The van der Waals surface area contributed by atoms with Crippen molar-refractivity contribution in [3.63, 3.8) is 0 Å². The number of hydrogen-bond donors (Lipinski definition) is 1. The van der Waals surface area contributed by atoms with Crippen LogP contribution >= 0.6 is 11.8 Å². The van der Waals surface area contributed by atoms with E-state index in [0.29, 0.717) is 0 Å². The monoisotopic (exact) mass is 243 g/mol. The Kier molecular flexibility index (Phi) is 10.4. The highest BCUT2D eigenvalue weighted by molar-refractivity contribution is 7.99. The Morgan fingerprint density at radius 1 is 1.62 bits per heavy atom. The number of methoxy groups -OCH3 is 1. The van der Waals surface area contributed by atoms with Crippen LogP contribution in [-0.2, 0) is 9.53 Å². The zero-order valence-corrected chi connectivity index (χ0v) is 10.9. The minimum Gasteiger partial charge on any atom is -0.468 e. The number of terminal acetylenes is 1. The number of hydrogen-bond acceptors (Lipinski definition) is 4. The molecule has 0 aliphatic rings. The molecule has 16 heavy (non-hydrogen) atoms. The molecule has 0 aromatic heterocycles. The summed E-state index contributed by atoms with van der Waals surface area (Å²) >= 11 is 1.69. The van der Waals surface area contributed by atoms with E-state index < -0.39 is 0 Å². The van der Waals surface area contributed by atoms with Gasteiger partial charge in [0.05, 0.1) is 12.9 Å². The van der Waals surface area contributed by atoms with E-state index in [4.69, 9.17) is 11.2 Å². The Hall–Kier alpha value is -0.660. The summed E-state index contributed by atoms with van der Waals surface area (Å²) in [6, 6.07) is -0.170. The van der Waals surface area contributed by atoms with Crippen LogP contribution in [0.1, 0.15) is 26.2 Å². The number of esters is 1. The smallest absolute Gasteiger partial charge is 0.322 e. The molecule has 0 aromatic carbocycles. The van der Waals surface area contributed by atoms with E-state index in [1.807, 2.05) is 0 Å². The zero-order chi connectivity index (χ0) is 12.2. The third-order valence-electron chi connectivity index (χ3n) is 2.15. The molecule has 0 amide bonds. The lowest BCUT2D eigenvalue weighted by molar-refractivity contribution is -0.143. The second-order valence-electron chi connectivity index (χ2n) is 3.43. The van der Waals surface area contributed by atoms with E-state index in [9.17, 15) is 4.79 Å². The van der Waals surface area contributed by atoms with Gasteiger partial charge >= 0.3 is 5.97 Å². The predicted molar refractivity (Wildman–Crippen MR) is 69.5 cm³/mol. The van der Waals surface area contributed by atoms with Crippen LogP contribution in [0.15, 0.2) is 0 Å². The first-order valence-electron chi connectivity index (χ1n) is 5.58. The van der Waals surface area contributed by atoms with Crippen molar-refractivity contribution in [2.75, 3.05) is 25.2 Å². The molecule has 0 radical (unpaired) electrons. The molecule has 0 aliphatic heterocycles. The van der Waals surface area contributed by atoms with Gasteiger partial charge in [-0.05, 0) is 6.42 Å². The van der Waals surface area contributed by atoms with Crippen molar-refractivity contribution in [3.05, 3.63) is 0 Å². The molecule has 0 fully saturated rings. The highest BCUT2D eigenvalue weighted by Crippen LogP contribution is 2.03. The lowest BCUT2D eigenvalue weighted by Gasteiger charge is -2.15. The summed E-state index contributed by atoms with van der Waals surface area (Å²) in [6.07, 6.45) is 8.09. The van der Waals surface area contributed by atoms with E-state index in [1.54, 1.807) is 11.8 Å².